The highest BCUT2D eigenvalue weighted by molar-refractivity contribution is 5.94. The third kappa shape index (κ3) is 4.90. The lowest BCUT2D eigenvalue weighted by molar-refractivity contribution is -0.142. The van der Waals surface area contributed by atoms with Gasteiger partial charge in [0.05, 0.1) is 6.54 Å². The molecule has 162 valence electrons. The molecule has 1 aromatic heterocycles. The van der Waals surface area contributed by atoms with Crippen LogP contribution in [-0.2, 0) is 25.6 Å². The Labute approximate surface area is 177 Å². The number of hydrogen-bond acceptors (Lipinski definition) is 3. The summed E-state index contributed by atoms with van der Waals surface area (Å²) in [6.45, 7) is 0.381. The van der Waals surface area contributed by atoms with Crippen molar-refractivity contribution in [3.8, 4) is 11.5 Å². The Morgan fingerprint density at radius 1 is 1.00 bits per heavy atom. The van der Waals surface area contributed by atoms with E-state index in [0.29, 0.717) is 41.2 Å². The number of amides is 1. The fraction of sp³-hybridized carbons (Fsp3) is 0.304. The molecule has 0 saturated heterocycles. The molecular formula is C23H22F3N3O2. The zero-order valence-corrected chi connectivity index (χ0v) is 16.8. The van der Waals surface area contributed by atoms with E-state index in [0.717, 1.165) is 12.8 Å². The molecular weight excluding hydrogens is 407 g/mol. The van der Waals surface area contributed by atoms with Gasteiger partial charge in [0.1, 0.15) is 11.5 Å². The van der Waals surface area contributed by atoms with Crippen molar-refractivity contribution < 1.29 is 22.7 Å². The van der Waals surface area contributed by atoms with Crippen molar-refractivity contribution in [3.63, 3.8) is 0 Å². The summed E-state index contributed by atoms with van der Waals surface area (Å²) >= 11 is 0. The molecule has 0 atom stereocenters. The zero-order valence-electron chi connectivity index (χ0n) is 16.8. The monoisotopic (exact) mass is 429 g/mol. The standard InChI is InChI=1S/C23H22F3N3O2/c24-23(25,26)21-19-8-4-5-9-20(19)29(28-21)15-14-27-22(30)16-10-12-18(13-11-16)31-17-6-2-1-3-7-17/h1-3,6-7,10-13H,4-5,8-9,14-15H2,(H,27,30). The number of carbonyl (C=O) groups excluding carboxylic acids is 1. The number of fused-ring (bicyclic) bond motifs is 1. The van der Waals surface area contributed by atoms with Gasteiger partial charge in [-0.1, -0.05) is 18.2 Å². The molecule has 1 amide bonds. The molecule has 1 N–H and O–H groups in total. The molecule has 0 spiro atoms. The van der Waals surface area contributed by atoms with E-state index in [1.807, 2.05) is 30.3 Å². The summed E-state index contributed by atoms with van der Waals surface area (Å²) in [6, 6.07) is 16.0. The predicted octanol–water partition coefficient (Wildman–Crippen LogP) is 5.00. The van der Waals surface area contributed by atoms with E-state index < -0.39 is 11.9 Å². The van der Waals surface area contributed by atoms with Crippen molar-refractivity contribution in [1.82, 2.24) is 15.1 Å². The van der Waals surface area contributed by atoms with Gasteiger partial charge in [-0.2, -0.15) is 18.3 Å². The number of carbonyl (C=O) groups is 1. The molecule has 1 aliphatic carbocycles. The van der Waals surface area contributed by atoms with E-state index in [9.17, 15) is 18.0 Å². The van der Waals surface area contributed by atoms with Crippen LogP contribution in [0, 0.1) is 0 Å². The van der Waals surface area contributed by atoms with Crippen molar-refractivity contribution in [2.45, 2.75) is 38.4 Å². The summed E-state index contributed by atoms with van der Waals surface area (Å²) in [5.41, 5.74) is 0.593. The number of halogens is 3. The van der Waals surface area contributed by atoms with Gasteiger partial charge in [0.25, 0.3) is 5.91 Å². The summed E-state index contributed by atoms with van der Waals surface area (Å²) in [6.07, 6.45) is -1.90. The second kappa shape index (κ2) is 8.83. The number of hydrogen-bond donors (Lipinski definition) is 1. The van der Waals surface area contributed by atoms with E-state index in [-0.39, 0.29) is 19.0 Å². The van der Waals surface area contributed by atoms with Crippen LogP contribution in [0.25, 0.3) is 0 Å². The molecule has 0 aliphatic heterocycles. The largest absolute Gasteiger partial charge is 0.457 e. The Morgan fingerprint density at radius 3 is 2.39 bits per heavy atom. The van der Waals surface area contributed by atoms with Crippen LogP contribution in [-0.4, -0.2) is 22.2 Å². The maximum atomic E-state index is 13.3. The smallest absolute Gasteiger partial charge is 0.435 e. The fourth-order valence-corrected chi connectivity index (χ4v) is 3.76. The van der Waals surface area contributed by atoms with Crippen LogP contribution in [0.4, 0.5) is 13.2 Å². The summed E-state index contributed by atoms with van der Waals surface area (Å²) < 4.78 is 46.9. The first-order valence-electron chi connectivity index (χ1n) is 10.2. The van der Waals surface area contributed by atoms with E-state index in [1.165, 1.54) is 4.68 Å². The first-order valence-corrected chi connectivity index (χ1v) is 10.2. The van der Waals surface area contributed by atoms with Gasteiger partial charge in [-0.3, -0.25) is 9.48 Å². The fourth-order valence-electron chi connectivity index (χ4n) is 3.76. The van der Waals surface area contributed by atoms with Crippen LogP contribution in [0.15, 0.2) is 54.6 Å². The number of ether oxygens (including phenoxy) is 1. The SMILES string of the molecule is O=C(NCCn1nc(C(F)(F)F)c2c1CCCC2)c1ccc(Oc2ccccc2)cc1. The highest BCUT2D eigenvalue weighted by atomic mass is 19.4. The number of nitrogens with one attached hydrogen (secondary N) is 1. The lowest BCUT2D eigenvalue weighted by atomic mass is 9.95. The minimum Gasteiger partial charge on any atom is -0.457 e. The highest BCUT2D eigenvalue weighted by Gasteiger charge is 2.39. The normalized spacial score (nSPS) is 13.5. The number of nitrogens with zero attached hydrogens (tertiary/aromatic N) is 2. The molecule has 0 bridgehead atoms. The Bertz CT molecular complexity index is 1040. The van der Waals surface area contributed by atoms with Gasteiger partial charge < -0.3 is 10.1 Å². The van der Waals surface area contributed by atoms with E-state index >= 15 is 0 Å². The first kappa shape index (κ1) is 21.0. The molecule has 1 aliphatic rings. The molecule has 2 aromatic carbocycles. The molecule has 0 saturated carbocycles. The Hall–Kier alpha value is -3.29. The lowest BCUT2D eigenvalue weighted by Gasteiger charge is -2.15. The Morgan fingerprint density at radius 2 is 1.68 bits per heavy atom. The number of benzene rings is 2. The minimum atomic E-state index is -4.46. The van der Waals surface area contributed by atoms with Crippen molar-refractivity contribution in [2.24, 2.45) is 0 Å². The third-order valence-electron chi connectivity index (χ3n) is 5.23. The molecule has 0 unspecified atom stereocenters. The van der Waals surface area contributed by atoms with Gasteiger partial charge in [0.15, 0.2) is 5.69 Å². The maximum absolute atomic E-state index is 13.3. The number of rotatable bonds is 6. The molecule has 4 rings (SSSR count). The number of alkyl halides is 3. The van der Waals surface area contributed by atoms with Crippen LogP contribution < -0.4 is 10.1 Å². The van der Waals surface area contributed by atoms with Crippen LogP contribution >= 0.6 is 0 Å². The van der Waals surface area contributed by atoms with Crippen LogP contribution in [0.5, 0.6) is 11.5 Å². The van der Waals surface area contributed by atoms with Gasteiger partial charge in [0, 0.05) is 23.4 Å². The molecule has 1 heterocycles. The molecule has 0 radical (unpaired) electrons. The molecule has 31 heavy (non-hydrogen) atoms. The molecule has 8 heteroatoms. The maximum Gasteiger partial charge on any atom is 0.435 e. The van der Waals surface area contributed by atoms with Gasteiger partial charge in [0.2, 0.25) is 0 Å². The van der Waals surface area contributed by atoms with Gasteiger partial charge in [-0.25, -0.2) is 0 Å². The summed E-state index contributed by atoms with van der Waals surface area (Å²) in [4.78, 5) is 12.4. The van der Waals surface area contributed by atoms with E-state index in [4.69, 9.17) is 4.74 Å². The second-order valence-electron chi connectivity index (χ2n) is 7.40. The lowest BCUT2D eigenvalue weighted by Crippen LogP contribution is -2.28. The summed E-state index contributed by atoms with van der Waals surface area (Å²) in [7, 11) is 0. The zero-order chi connectivity index (χ0) is 21.8. The molecule has 5 nitrogen and oxygen atoms in total. The quantitative estimate of drug-likeness (QED) is 0.600. The van der Waals surface area contributed by atoms with E-state index in [2.05, 4.69) is 10.4 Å². The second-order valence-corrected chi connectivity index (χ2v) is 7.40. The van der Waals surface area contributed by atoms with E-state index in [1.54, 1.807) is 24.3 Å². The molecule has 0 fully saturated rings. The Kier molecular flexibility index (Phi) is 5.97. The van der Waals surface area contributed by atoms with Gasteiger partial charge in [-0.05, 0) is 62.1 Å². The average Bonchev–Trinajstić information content (AvgIpc) is 3.14. The first-order chi connectivity index (χ1) is 14.9. The van der Waals surface area contributed by atoms with Crippen molar-refractivity contribution in [1.29, 1.82) is 0 Å². The summed E-state index contributed by atoms with van der Waals surface area (Å²) in [5, 5.41) is 6.56. The van der Waals surface area contributed by atoms with Crippen LogP contribution in [0.3, 0.4) is 0 Å². The van der Waals surface area contributed by atoms with Crippen molar-refractivity contribution >= 4 is 5.91 Å². The van der Waals surface area contributed by atoms with Crippen molar-refractivity contribution in [3.05, 3.63) is 77.1 Å². The Balaban J connectivity index is 1.36. The highest BCUT2D eigenvalue weighted by Crippen LogP contribution is 2.35. The minimum absolute atomic E-state index is 0.187. The van der Waals surface area contributed by atoms with Crippen LogP contribution in [0.1, 0.15) is 40.2 Å². The molecule has 3 aromatic rings. The van der Waals surface area contributed by atoms with Gasteiger partial charge >= 0.3 is 6.18 Å². The number of aromatic nitrogens is 2. The van der Waals surface area contributed by atoms with Gasteiger partial charge in [-0.15, -0.1) is 0 Å². The van der Waals surface area contributed by atoms with Crippen molar-refractivity contribution in [2.75, 3.05) is 6.54 Å². The third-order valence-corrected chi connectivity index (χ3v) is 5.23. The summed E-state index contributed by atoms with van der Waals surface area (Å²) in [5.74, 6) is 0.995. The topological polar surface area (TPSA) is 56.2 Å². The number of para-hydroxylation sites is 1. The average molecular weight is 429 g/mol. The van der Waals surface area contributed by atoms with Crippen LogP contribution in [0.2, 0.25) is 0 Å². The predicted molar refractivity (Wildman–Crippen MR) is 109 cm³/mol.